The number of anilines is 1. The Morgan fingerprint density at radius 1 is 1.17 bits per heavy atom. The van der Waals surface area contributed by atoms with Crippen molar-refractivity contribution in [2.45, 2.75) is 19.4 Å². The molecule has 3 aromatic rings. The Bertz CT molecular complexity index is 1010. The van der Waals surface area contributed by atoms with Crippen molar-refractivity contribution in [3.63, 3.8) is 0 Å². The first-order valence-corrected chi connectivity index (χ1v) is 10.8. The maximum absolute atomic E-state index is 13.8. The van der Waals surface area contributed by atoms with Crippen LogP contribution in [0.3, 0.4) is 0 Å². The number of piperazine rings is 1. The zero-order valence-corrected chi connectivity index (χ0v) is 17.5. The number of carbonyl (C=O) groups excluding carboxylic acids is 1. The summed E-state index contributed by atoms with van der Waals surface area (Å²) in [6.07, 6.45) is 1.70. The second kappa shape index (κ2) is 9.01. The van der Waals surface area contributed by atoms with E-state index in [-0.39, 0.29) is 30.5 Å². The van der Waals surface area contributed by atoms with E-state index < -0.39 is 11.6 Å². The van der Waals surface area contributed by atoms with Gasteiger partial charge in [0.25, 0.3) is 0 Å². The van der Waals surface area contributed by atoms with Crippen LogP contribution in [0.25, 0.3) is 10.2 Å². The summed E-state index contributed by atoms with van der Waals surface area (Å²) in [7, 11) is 0. The van der Waals surface area contributed by atoms with Crippen LogP contribution in [0.2, 0.25) is 0 Å². The second-order valence-corrected chi connectivity index (χ2v) is 8.37. The van der Waals surface area contributed by atoms with E-state index in [1.807, 2.05) is 11.4 Å². The minimum absolute atomic E-state index is 0.00325. The lowest BCUT2D eigenvalue weighted by molar-refractivity contribution is -0.122. The standard InChI is InChI=1S/C21H23F2N5OS/c1-14(11-16-17(22)3-2-4-18(16)23)26-19(29)12-27-6-8-28(9-7-27)20-15-5-10-30-21(15)25-13-24-20/h2-5,10,13-14H,6-9,11-12H2,1H3,(H,26,29). The molecular weight excluding hydrogens is 408 g/mol. The van der Waals surface area contributed by atoms with E-state index >= 15 is 0 Å². The number of thiophene rings is 1. The molecular formula is C21H23F2N5OS. The summed E-state index contributed by atoms with van der Waals surface area (Å²) in [5.74, 6) is -0.380. The van der Waals surface area contributed by atoms with Crippen LogP contribution in [0.5, 0.6) is 0 Å². The lowest BCUT2D eigenvalue weighted by Crippen LogP contribution is -2.50. The van der Waals surface area contributed by atoms with E-state index in [0.717, 1.165) is 42.2 Å². The molecule has 30 heavy (non-hydrogen) atoms. The van der Waals surface area contributed by atoms with E-state index in [1.165, 1.54) is 18.2 Å². The summed E-state index contributed by atoms with van der Waals surface area (Å²) < 4.78 is 27.6. The minimum atomic E-state index is -0.586. The first-order chi connectivity index (χ1) is 14.5. The molecule has 1 aliphatic rings. The molecule has 6 nitrogen and oxygen atoms in total. The Hall–Kier alpha value is -2.65. The summed E-state index contributed by atoms with van der Waals surface area (Å²) in [4.78, 5) is 26.4. The van der Waals surface area contributed by atoms with Gasteiger partial charge in [-0.1, -0.05) is 6.07 Å². The summed E-state index contributed by atoms with van der Waals surface area (Å²) in [6.45, 7) is 5.02. The van der Waals surface area contributed by atoms with Crippen LogP contribution in [-0.2, 0) is 11.2 Å². The molecule has 0 aliphatic carbocycles. The van der Waals surface area contributed by atoms with Gasteiger partial charge in [0.05, 0.1) is 11.9 Å². The average molecular weight is 432 g/mol. The van der Waals surface area contributed by atoms with Crippen LogP contribution in [0.15, 0.2) is 36.0 Å². The van der Waals surface area contributed by atoms with Gasteiger partial charge in [0.2, 0.25) is 5.91 Å². The lowest BCUT2D eigenvalue weighted by atomic mass is 10.1. The van der Waals surface area contributed by atoms with Crippen molar-refractivity contribution >= 4 is 33.3 Å². The maximum atomic E-state index is 13.8. The first kappa shape index (κ1) is 20.6. The number of hydrogen-bond acceptors (Lipinski definition) is 6. The number of aromatic nitrogens is 2. The van der Waals surface area contributed by atoms with Gasteiger partial charge >= 0.3 is 0 Å². The topological polar surface area (TPSA) is 61.4 Å². The van der Waals surface area contributed by atoms with Crippen LogP contribution < -0.4 is 10.2 Å². The van der Waals surface area contributed by atoms with E-state index in [2.05, 4.69) is 25.1 Å². The summed E-state index contributed by atoms with van der Waals surface area (Å²) in [5.41, 5.74) is 0.00325. The van der Waals surface area contributed by atoms with E-state index in [1.54, 1.807) is 24.6 Å². The quantitative estimate of drug-likeness (QED) is 0.650. The van der Waals surface area contributed by atoms with Crippen LogP contribution in [0, 0.1) is 11.6 Å². The van der Waals surface area contributed by atoms with Crippen molar-refractivity contribution in [2.75, 3.05) is 37.6 Å². The fourth-order valence-electron chi connectivity index (χ4n) is 3.75. The number of rotatable bonds is 6. The number of carbonyl (C=O) groups is 1. The van der Waals surface area contributed by atoms with Crippen molar-refractivity contribution in [3.8, 4) is 0 Å². The molecule has 1 fully saturated rings. The molecule has 1 unspecified atom stereocenters. The van der Waals surface area contributed by atoms with Gasteiger partial charge < -0.3 is 10.2 Å². The minimum Gasteiger partial charge on any atom is -0.353 e. The number of nitrogens with one attached hydrogen (secondary N) is 1. The first-order valence-electron chi connectivity index (χ1n) is 9.89. The molecule has 1 amide bonds. The predicted molar refractivity (Wildman–Crippen MR) is 114 cm³/mol. The Kier molecular flexibility index (Phi) is 6.19. The molecule has 1 atom stereocenters. The molecule has 3 heterocycles. The molecule has 2 aromatic heterocycles. The smallest absolute Gasteiger partial charge is 0.234 e. The lowest BCUT2D eigenvalue weighted by Gasteiger charge is -2.35. The summed E-state index contributed by atoms with van der Waals surface area (Å²) in [5, 5.41) is 5.92. The predicted octanol–water partition coefficient (Wildman–Crippen LogP) is 2.84. The normalized spacial score (nSPS) is 16.0. The Morgan fingerprint density at radius 3 is 2.63 bits per heavy atom. The van der Waals surface area contributed by atoms with Crippen LogP contribution in [0.1, 0.15) is 12.5 Å². The van der Waals surface area contributed by atoms with Gasteiger partial charge in [0.1, 0.15) is 28.6 Å². The SMILES string of the molecule is CC(Cc1c(F)cccc1F)NC(=O)CN1CCN(c2ncnc3sccc23)CC1. The molecule has 0 radical (unpaired) electrons. The van der Waals surface area contributed by atoms with Crippen molar-refractivity contribution in [1.29, 1.82) is 0 Å². The van der Waals surface area contributed by atoms with Crippen molar-refractivity contribution < 1.29 is 13.6 Å². The Morgan fingerprint density at radius 2 is 1.90 bits per heavy atom. The molecule has 1 N–H and O–H groups in total. The molecule has 0 spiro atoms. The van der Waals surface area contributed by atoms with Gasteiger partial charge in [-0.2, -0.15) is 0 Å². The number of hydrogen-bond donors (Lipinski definition) is 1. The van der Waals surface area contributed by atoms with Crippen LogP contribution >= 0.6 is 11.3 Å². The molecule has 158 valence electrons. The molecule has 1 saturated heterocycles. The molecule has 1 aliphatic heterocycles. The van der Waals surface area contributed by atoms with E-state index in [9.17, 15) is 13.6 Å². The number of amides is 1. The Labute approximate surface area is 177 Å². The highest BCUT2D eigenvalue weighted by molar-refractivity contribution is 7.16. The average Bonchev–Trinajstić information content (AvgIpc) is 3.20. The van der Waals surface area contributed by atoms with Gasteiger partial charge in [-0.3, -0.25) is 9.69 Å². The molecule has 4 rings (SSSR count). The molecule has 1 aromatic carbocycles. The highest BCUT2D eigenvalue weighted by Gasteiger charge is 2.22. The highest BCUT2D eigenvalue weighted by atomic mass is 32.1. The number of fused-ring (bicyclic) bond motifs is 1. The van der Waals surface area contributed by atoms with Crippen molar-refractivity contribution in [3.05, 3.63) is 53.2 Å². The summed E-state index contributed by atoms with van der Waals surface area (Å²) in [6, 6.07) is 5.47. The molecule has 0 bridgehead atoms. The van der Waals surface area contributed by atoms with Gasteiger partial charge in [0, 0.05) is 37.8 Å². The maximum Gasteiger partial charge on any atom is 0.234 e. The number of benzene rings is 1. The zero-order chi connectivity index (χ0) is 21.1. The molecule has 9 heteroatoms. The van der Waals surface area contributed by atoms with Gasteiger partial charge in [-0.15, -0.1) is 11.3 Å². The van der Waals surface area contributed by atoms with Crippen LogP contribution in [0.4, 0.5) is 14.6 Å². The number of halogens is 2. The van der Waals surface area contributed by atoms with E-state index in [0.29, 0.717) is 0 Å². The molecule has 0 saturated carbocycles. The third kappa shape index (κ3) is 4.57. The second-order valence-electron chi connectivity index (χ2n) is 7.47. The van der Waals surface area contributed by atoms with Gasteiger partial charge in [-0.05, 0) is 36.9 Å². The van der Waals surface area contributed by atoms with Crippen LogP contribution in [-0.4, -0.2) is 59.5 Å². The Balaban J connectivity index is 1.28. The summed E-state index contributed by atoms with van der Waals surface area (Å²) >= 11 is 1.59. The van der Waals surface area contributed by atoms with Crippen molar-refractivity contribution in [1.82, 2.24) is 20.2 Å². The third-order valence-electron chi connectivity index (χ3n) is 5.26. The van der Waals surface area contributed by atoms with E-state index in [4.69, 9.17) is 0 Å². The number of nitrogens with zero attached hydrogens (tertiary/aromatic N) is 4. The third-order valence-corrected chi connectivity index (χ3v) is 6.08. The fraction of sp³-hybridized carbons (Fsp3) is 0.381. The largest absolute Gasteiger partial charge is 0.353 e. The van der Waals surface area contributed by atoms with Gasteiger partial charge in [-0.25, -0.2) is 18.7 Å². The van der Waals surface area contributed by atoms with Crippen molar-refractivity contribution in [2.24, 2.45) is 0 Å². The fourth-order valence-corrected chi connectivity index (χ4v) is 4.48. The monoisotopic (exact) mass is 431 g/mol. The zero-order valence-electron chi connectivity index (χ0n) is 16.6. The van der Waals surface area contributed by atoms with Gasteiger partial charge in [0.15, 0.2) is 0 Å². The highest BCUT2D eigenvalue weighted by Crippen LogP contribution is 2.27.